The summed E-state index contributed by atoms with van der Waals surface area (Å²) < 4.78 is 9.86. The molecule has 0 unspecified atom stereocenters. The molecule has 16 heavy (non-hydrogen) atoms. The fourth-order valence-electron chi connectivity index (χ4n) is 1.04. The van der Waals surface area contributed by atoms with E-state index in [1.165, 1.54) is 20.3 Å². The van der Waals surface area contributed by atoms with Gasteiger partial charge in [0, 0.05) is 5.46 Å². The highest BCUT2D eigenvalue weighted by atomic mass is 16.5. The maximum Gasteiger partial charge on any atom is 0.492 e. The van der Waals surface area contributed by atoms with E-state index in [0.29, 0.717) is 17.0 Å². The summed E-state index contributed by atoms with van der Waals surface area (Å²) in [5.74, 6) is 0.986. The van der Waals surface area contributed by atoms with Crippen LogP contribution < -0.4 is 14.9 Å². The molecule has 0 saturated carbocycles. The van der Waals surface area contributed by atoms with Crippen LogP contribution in [-0.2, 0) is 0 Å². The standard InChI is InChI=1S/C8H11BO4.BH3O2/c1-12-6-3-4-8(13-2)7(5-6)9(10)11;2-1-3/h3-5,10-11H,1-2H3;1-3H. The molecule has 0 fully saturated rings. The molecule has 0 heterocycles. The lowest BCUT2D eigenvalue weighted by molar-refractivity contribution is 0.395. The molecule has 0 amide bonds. The predicted octanol–water partition coefficient (Wildman–Crippen LogP) is -2.38. The van der Waals surface area contributed by atoms with Gasteiger partial charge in [-0.2, -0.15) is 0 Å². The molecule has 88 valence electrons. The van der Waals surface area contributed by atoms with Gasteiger partial charge in [-0.05, 0) is 18.2 Å². The Morgan fingerprint density at radius 3 is 2.06 bits per heavy atom. The zero-order valence-corrected chi connectivity index (χ0v) is 9.12. The molecule has 0 aliphatic heterocycles. The van der Waals surface area contributed by atoms with Crippen LogP contribution in [0.15, 0.2) is 18.2 Å². The van der Waals surface area contributed by atoms with Gasteiger partial charge in [-0.1, -0.05) is 0 Å². The van der Waals surface area contributed by atoms with Crippen molar-refractivity contribution in [1.29, 1.82) is 0 Å². The number of benzene rings is 1. The van der Waals surface area contributed by atoms with Gasteiger partial charge in [0.05, 0.1) is 14.2 Å². The first-order valence-corrected chi connectivity index (χ1v) is 4.40. The van der Waals surface area contributed by atoms with Crippen molar-refractivity contribution in [2.45, 2.75) is 0 Å². The highest BCUT2D eigenvalue weighted by Crippen LogP contribution is 2.14. The van der Waals surface area contributed by atoms with Crippen LogP contribution in [0.4, 0.5) is 0 Å². The Hall–Kier alpha value is -1.21. The molecule has 0 aliphatic carbocycles. The fourth-order valence-corrected chi connectivity index (χ4v) is 1.04. The maximum absolute atomic E-state index is 8.98. The van der Waals surface area contributed by atoms with Gasteiger partial charge >= 0.3 is 14.8 Å². The summed E-state index contributed by atoms with van der Waals surface area (Å²) >= 11 is 0. The van der Waals surface area contributed by atoms with E-state index in [1.54, 1.807) is 12.1 Å². The van der Waals surface area contributed by atoms with Crippen molar-refractivity contribution in [3.8, 4) is 11.5 Å². The van der Waals surface area contributed by atoms with Crippen LogP contribution in [0.5, 0.6) is 11.5 Å². The molecule has 0 aliphatic rings. The minimum atomic E-state index is -1.55. The number of hydrogen-bond acceptors (Lipinski definition) is 6. The van der Waals surface area contributed by atoms with Crippen LogP contribution in [-0.4, -0.2) is 49.1 Å². The lowest BCUT2D eigenvalue weighted by Crippen LogP contribution is -2.31. The first-order valence-electron chi connectivity index (χ1n) is 4.40. The third-order valence-electron chi connectivity index (χ3n) is 1.72. The summed E-state index contributed by atoms with van der Waals surface area (Å²) in [6, 6.07) is 4.82. The fraction of sp³-hybridized carbons (Fsp3) is 0.250. The molecule has 8 heteroatoms. The van der Waals surface area contributed by atoms with Gasteiger partial charge < -0.3 is 29.6 Å². The molecule has 1 aromatic carbocycles. The van der Waals surface area contributed by atoms with Gasteiger partial charge in [-0.15, -0.1) is 0 Å². The van der Waals surface area contributed by atoms with E-state index in [-0.39, 0.29) is 0 Å². The van der Waals surface area contributed by atoms with Crippen molar-refractivity contribution in [3.05, 3.63) is 18.2 Å². The normalized spacial score (nSPS) is 8.62. The SMILES string of the molecule is COc1ccc(OC)c(B(O)O)c1.OBO. The zero-order chi connectivity index (χ0) is 12.6. The average molecular weight is 228 g/mol. The Morgan fingerprint density at radius 2 is 1.69 bits per heavy atom. The molecule has 1 aromatic rings. The Kier molecular flexibility index (Phi) is 7.40. The van der Waals surface area contributed by atoms with Crippen molar-refractivity contribution in [2.75, 3.05) is 14.2 Å². The van der Waals surface area contributed by atoms with Crippen molar-refractivity contribution in [1.82, 2.24) is 0 Å². The number of rotatable bonds is 3. The maximum atomic E-state index is 8.98. The van der Waals surface area contributed by atoms with Gasteiger partial charge in [0.2, 0.25) is 0 Å². The van der Waals surface area contributed by atoms with Crippen LogP contribution in [0.2, 0.25) is 0 Å². The molecule has 0 saturated heterocycles. The topological polar surface area (TPSA) is 99.4 Å². The summed E-state index contributed by atoms with van der Waals surface area (Å²) in [5.41, 5.74) is 0.293. The minimum Gasteiger partial charge on any atom is -0.497 e. The van der Waals surface area contributed by atoms with E-state index in [1.807, 2.05) is 0 Å². The molecule has 0 atom stereocenters. The van der Waals surface area contributed by atoms with E-state index in [4.69, 9.17) is 29.6 Å². The summed E-state index contributed by atoms with van der Waals surface area (Å²) in [5, 5.41) is 32.2. The Morgan fingerprint density at radius 1 is 1.12 bits per heavy atom. The van der Waals surface area contributed by atoms with E-state index < -0.39 is 14.8 Å². The van der Waals surface area contributed by atoms with Gasteiger partial charge in [0.1, 0.15) is 11.5 Å². The quantitative estimate of drug-likeness (QED) is 0.431. The summed E-state index contributed by atoms with van der Waals surface area (Å²) in [4.78, 5) is 0. The predicted molar refractivity (Wildman–Crippen MR) is 61.0 cm³/mol. The third-order valence-corrected chi connectivity index (χ3v) is 1.72. The molecular formula is C8H14B2O6. The van der Waals surface area contributed by atoms with E-state index in [9.17, 15) is 0 Å². The van der Waals surface area contributed by atoms with Crippen molar-refractivity contribution in [2.24, 2.45) is 0 Å². The largest absolute Gasteiger partial charge is 0.497 e. The molecular weight excluding hydrogens is 214 g/mol. The van der Waals surface area contributed by atoms with Crippen molar-refractivity contribution >= 4 is 20.3 Å². The lowest BCUT2D eigenvalue weighted by Gasteiger charge is -2.08. The second-order valence-electron chi connectivity index (χ2n) is 2.62. The Bertz CT molecular complexity index is 307. The van der Waals surface area contributed by atoms with Crippen molar-refractivity contribution < 1.29 is 29.6 Å². The Balaban J connectivity index is 0.000000673. The zero-order valence-electron chi connectivity index (χ0n) is 9.12. The molecule has 0 spiro atoms. The molecule has 0 bridgehead atoms. The molecule has 6 nitrogen and oxygen atoms in total. The van der Waals surface area contributed by atoms with Crippen LogP contribution in [0.3, 0.4) is 0 Å². The van der Waals surface area contributed by atoms with Crippen LogP contribution in [0.25, 0.3) is 0 Å². The third kappa shape index (κ3) is 4.54. The monoisotopic (exact) mass is 228 g/mol. The highest BCUT2D eigenvalue weighted by molar-refractivity contribution is 6.59. The highest BCUT2D eigenvalue weighted by Gasteiger charge is 2.17. The Labute approximate surface area is 94.5 Å². The van der Waals surface area contributed by atoms with Crippen LogP contribution in [0.1, 0.15) is 0 Å². The molecule has 4 N–H and O–H groups in total. The van der Waals surface area contributed by atoms with Gasteiger partial charge in [0.15, 0.2) is 0 Å². The molecule has 1 rings (SSSR count). The van der Waals surface area contributed by atoms with Gasteiger partial charge in [0.25, 0.3) is 0 Å². The molecule has 0 radical (unpaired) electrons. The summed E-state index contributed by atoms with van der Waals surface area (Å²) in [6.45, 7) is 0. The first-order chi connectivity index (χ1) is 7.60. The second kappa shape index (κ2) is 8.00. The lowest BCUT2D eigenvalue weighted by atomic mass is 9.79. The van der Waals surface area contributed by atoms with E-state index >= 15 is 0 Å². The first kappa shape index (κ1) is 14.8. The summed E-state index contributed by atoms with van der Waals surface area (Å²) in [6.07, 6.45) is 0. The van der Waals surface area contributed by atoms with Crippen LogP contribution in [0, 0.1) is 0 Å². The van der Waals surface area contributed by atoms with E-state index in [2.05, 4.69) is 0 Å². The van der Waals surface area contributed by atoms with E-state index in [0.717, 1.165) is 0 Å². The summed E-state index contributed by atoms with van der Waals surface area (Å²) in [7, 11) is 0.674. The van der Waals surface area contributed by atoms with Gasteiger partial charge in [-0.25, -0.2) is 0 Å². The van der Waals surface area contributed by atoms with Gasteiger partial charge in [-0.3, -0.25) is 0 Å². The van der Waals surface area contributed by atoms with Crippen molar-refractivity contribution in [3.63, 3.8) is 0 Å². The van der Waals surface area contributed by atoms with Crippen LogP contribution >= 0.6 is 0 Å². The smallest absolute Gasteiger partial charge is 0.492 e. The average Bonchev–Trinajstić information content (AvgIpc) is 2.29. The number of methoxy groups -OCH3 is 2. The molecule has 0 aromatic heterocycles. The minimum absolute atomic E-state index is 0.293. The number of hydrogen-bond donors (Lipinski definition) is 4. The number of ether oxygens (including phenoxy) is 2. The second-order valence-corrected chi connectivity index (χ2v) is 2.62.